The highest BCUT2D eigenvalue weighted by atomic mass is 35.5. The summed E-state index contributed by atoms with van der Waals surface area (Å²) in [5.41, 5.74) is 3.23. The van der Waals surface area contributed by atoms with Crippen molar-refractivity contribution in [3.63, 3.8) is 0 Å². The number of anilines is 2. The number of carbonyl (C=O) groups excluding carboxylic acids is 2. The van der Waals surface area contributed by atoms with Gasteiger partial charge in [-0.15, -0.1) is 11.6 Å². The number of sulfonamides is 1. The summed E-state index contributed by atoms with van der Waals surface area (Å²) in [6.07, 6.45) is 4.10. The number of carbonyl (C=O) groups is 2. The maximum atomic E-state index is 12.9. The highest BCUT2D eigenvalue weighted by Crippen LogP contribution is 2.42. The molecule has 19 nitrogen and oxygen atoms in total. The molecule has 0 bridgehead atoms. The summed E-state index contributed by atoms with van der Waals surface area (Å²) in [6.45, 7) is 5.86. The minimum Gasteiger partial charge on any atom is -0.491 e. The molecule has 5 atom stereocenters. The molecule has 372 valence electrons. The molecule has 8 rings (SSSR count). The van der Waals surface area contributed by atoms with Crippen LogP contribution in [0.1, 0.15) is 31.7 Å². The van der Waals surface area contributed by atoms with Crippen LogP contribution in [-0.4, -0.2) is 144 Å². The van der Waals surface area contributed by atoms with E-state index in [0.29, 0.717) is 68.0 Å². The third-order valence-corrected chi connectivity index (χ3v) is 14.5. The molecule has 0 radical (unpaired) electrons. The quantitative estimate of drug-likeness (QED) is 0.0553. The molecule has 21 heteroatoms. The Kier molecular flexibility index (Phi) is 16.3. The van der Waals surface area contributed by atoms with Crippen molar-refractivity contribution >= 4 is 61.3 Å². The Morgan fingerprint density at radius 1 is 0.884 bits per heavy atom. The van der Waals surface area contributed by atoms with Gasteiger partial charge in [0.2, 0.25) is 15.9 Å². The van der Waals surface area contributed by atoms with Gasteiger partial charge in [-0.2, -0.15) is 0 Å². The van der Waals surface area contributed by atoms with Gasteiger partial charge in [0.25, 0.3) is 11.5 Å². The number of nitrogens with one attached hydrogen (secondary N) is 6. The summed E-state index contributed by atoms with van der Waals surface area (Å²) < 4.78 is 59.1. The number of amides is 2. The molecule has 0 saturated carbocycles. The number of aryl methyl sites for hydroxylation is 1. The first kappa shape index (κ1) is 50.0. The van der Waals surface area contributed by atoms with Crippen LogP contribution in [0.15, 0.2) is 77.7 Å². The van der Waals surface area contributed by atoms with Crippen molar-refractivity contribution in [2.45, 2.75) is 56.2 Å². The van der Waals surface area contributed by atoms with Gasteiger partial charge in [-0.3, -0.25) is 34.6 Å². The molecule has 3 aromatic carbocycles. The SMILES string of the molecule is CCS(=O)(=O)Nc1ccc(Oc2cccc(OCCOCCOC3CCN(C4NCC(Cl)C(Nc5ccc6c(c5)cc(OCC(=O)NC)c(=O)n6C)N4)CC3)c2)c(C2=CN(C)C(=O)C3NCCC23)c1. The molecule has 5 heterocycles. The Morgan fingerprint density at radius 2 is 1.67 bits per heavy atom. The summed E-state index contributed by atoms with van der Waals surface area (Å²) in [7, 11) is 1.38. The maximum Gasteiger partial charge on any atom is 0.293 e. The van der Waals surface area contributed by atoms with Crippen molar-refractivity contribution in [1.29, 1.82) is 0 Å². The van der Waals surface area contributed by atoms with Gasteiger partial charge in [0, 0.05) is 81.3 Å². The van der Waals surface area contributed by atoms with E-state index in [0.717, 1.165) is 54.5 Å². The summed E-state index contributed by atoms with van der Waals surface area (Å²) >= 11 is 6.79. The lowest BCUT2D eigenvalue weighted by Crippen LogP contribution is -2.68. The normalized spacial score (nSPS) is 22.2. The second-order valence-electron chi connectivity index (χ2n) is 17.4. The van der Waals surface area contributed by atoms with Gasteiger partial charge in [0.1, 0.15) is 30.1 Å². The molecule has 4 aliphatic rings. The second kappa shape index (κ2) is 22.5. The van der Waals surface area contributed by atoms with E-state index < -0.39 is 10.0 Å². The third-order valence-electron chi connectivity index (χ3n) is 12.8. The maximum absolute atomic E-state index is 12.9. The first-order valence-corrected chi connectivity index (χ1v) is 25.5. The zero-order valence-corrected chi connectivity index (χ0v) is 40.9. The van der Waals surface area contributed by atoms with Crippen LogP contribution < -0.4 is 51.1 Å². The van der Waals surface area contributed by atoms with E-state index >= 15 is 0 Å². The Hall–Kier alpha value is -5.45. The number of pyridine rings is 1. The number of piperidine rings is 1. The minimum atomic E-state index is -3.52. The van der Waals surface area contributed by atoms with E-state index in [2.05, 4.69) is 36.2 Å². The molecule has 5 unspecified atom stereocenters. The number of rotatable bonds is 20. The molecule has 1 aromatic heterocycles. The number of nitrogens with zero attached hydrogens (tertiary/aromatic N) is 3. The van der Waals surface area contributed by atoms with Gasteiger partial charge in [-0.1, -0.05) is 6.07 Å². The number of halogens is 1. The lowest BCUT2D eigenvalue weighted by molar-refractivity contribution is -0.130. The van der Waals surface area contributed by atoms with Crippen LogP contribution in [0, 0.1) is 5.92 Å². The highest BCUT2D eigenvalue weighted by molar-refractivity contribution is 7.92. The van der Waals surface area contributed by atoms with Crippen molar-refractivity contribution < 1.29 is 41.7 Å². The number of likely N-dealkylation sites (tertiary alicyclic amines) is 1. The number of hydrogen-bond donors (Lipinski definition) is 6. The molecule has 4 aromatic rings. The first-order valence-electron chi connectivity index (χ1n) is 23.4. The summed E-state index contributed by atoms with van der Waals surface area (Å²) in [5.74, 6) is 1.27. The smallest absolute Gasteiger partial charge is 0.293 e. The average molecular weight is 993 g/mol. The van der Waals surface area contributed by atoms with E-state index in [1.165, 1.54) is 11.6 Å². The van der Waals surface area contributed by atoms with Crippen LogP contribution in [0.3, 0.4) is 0 Å². The lowest BCUT2D eigenvalue weighted by atomic mass is 9.84. The second-order valence-corrected chi connectivity index (χ2v) is 20.0. The van der Waals surface area contributed by atoms with Crippen LogP contribution in [0.2, 0.25) is 0 Å². The standard InChI is InChI=1S/C48H62ClN9O10S/c1-5-69(62,63)55-32-10-12-41(37(25-32)38-28-56(3)47(61)44-36(38)13-16-51-44)68-35-8-6-7-34(26-35)66-22-20-64-19-21-65-33-14-17-58(18-15-33)48-52-27-39(49)45(54-48)53-31-9-11-40-30(23-31)24-42(46(60)57(40)4)67-29-43(59)50-2/h6-12,23-26,28,33,36,39,44-45,48,51-55H,5,13-22,27,29H2,1-4H3,(H,50,59). The zero-order valence-electron chi connectivity index (χ0n) is 39.3. The Bertz CT molecular complexity index is 2680. The van der Waals surface area contributed by atoms with Crippen molar-refractivity contribution in [2.24, 2.45) is 13.0 Å². The Labute approximate surface area is 407 Å². The fourth-order valence-electron chi connectivity index (χ4n) is 9.05. The van der Waals surface area contributed by atoms with Crippen LogP contribution in [0.4, 0.5) is 11.4 Å². The molecule has 69 heavy (non-hydrogen) atoms. The van der Waals surface area contributed by atoms with Gasteiger partial charge in [-0.05, 0) is 92.9 Å². The van der Waals surface area contributed by atoms with Gasteiger partial charge >= 0.3 is 0 Å². The van der Waals surface area contributed by atoms with Gasteiger partial charge < -0.3 is 49.1 Å². The molecule has 0 aliphatic carbocycles. The van der Waals surface area contributed by atoms with Crippen LogP contribution in [0.5, 0.6) is 23.0 Å². The van der Waals surface area contributed by atoms with Gasteiger partial charge in [0.05, 0.1) is 54.8 Å². The third kappa shape index (κ3) is 12.3. The van der Waals surface area contributed by atoms with Crippen LogP contribution >= 0.6 is 11.6 Å². The molecular weight excluding hydrogens is 930 g/mol. The van der Waals surface area contributed by atoms with Gasteiger partial charge in [0.15, 0.2) is 12.4 Å². The van der Waals surface area contributed by atoms with E-state index in [9.17, 15) is 22.8 Å². The Balaban J connectivity index is 0.767. The van der Waals surface area contributed by atoms with Gasteiger partial charge in [-0.25, -0.2) is 8.42 Å². The number of fused-ring (bicyclic) bond motifs is 2. The predicted molar refractivity (Wildman–Crippen MR) is 264 cm³/mol. The van der Waals surface area contributed by atoms with Crippen molar-refractivity contribution in [1.82, 2.24) is 35.6 Å². The lowest BCUT2D eigenvalue weighted by Gasteiger charge is -2.44. The largest absolute Gasteiger partial charge is 0.491 e. The molecule has 4 aliphatic heterocycles. The first-order chi connectivity index (χ1) is 33.3. The van der Waals surface area contributed by atoms with Crippen LogP contribution in [0.25, 0.3) is 16.5 Å². The topological polar surface area (TPSA) is 215 Å². The monoisotopic (exact) mass is 991 g/mol. The van der Waals surface area contributed by atoms with E-state index in [1.54, 1.807) is 56.3 Å². The minimum absolute atomic E-state index is 0.00629. The average Bonchev–Trinajstić information content (AvgIpc) is 3.85. The molecule has 0 spiro atoms. The number of ether oxygens (including phenoxy) is 5. The summed E-state index contributed by atoms with van der Waals surface area (Å²) in [4.78, 5) is 41.4. The fourth-order valence-corrected chi connectivity index (χ4v) is 9.90. The molecule has 3 fully saturated rings. The summed E-state index contributed by atoms with van der Waals surface area (Å²) in [5, 5.41) is 17.0. The molecule has 3 saturated heterocycles. The predicted octanol–water partition coefficient (Wildman–Crippen LogP) is 3.41. The van der Waals surface area contributed by atoms with Crippen molar-refractivity contribution in [2.75, 3.05) is 89.1 Å². The molecule has 2 amide bonds. The zero-order chi connectivity index (χ0) is 48.7. The Morgan fingerprint density at radius 3 is 2.46 bits per heavy atom. The number of hydrogen-bond acceptors (Lipinski definition) is 15. The van der Waals surface area contributed by atoms with E-state index in [1.807, 2.05) is 42.6 Å². The fraction of sp³-hybridized carbons (Fsp3) is 0.479. The van der Waals surface area contributed by atoms with Crippen molar-refractivity contribution in [3.8, 4) is 23.0 Å². The van der Waals surface area contributed by atoms with Crippen molar-refractivity contribution in [3.05, 3.63) is 88.8 Å². The summed E-state index contributed by atoms with van der Waals surface area (Å²) in [6, 6.07) is 19.5. The molecular formula is C48H62ClN9O10S. The van der Waals surface area contributed by atoms with E-state index in [-0.39, 0.29) is 71.4 Å². The number of likely N-dealkylation sites (N-methyl/N-ethyl adjacent to an activating group) is 2. The molecule has 6 N–H and O–H groups in total. The number of benzene rings is 3. The van der Waals surface area contributed by atoms with E-state index in [4.69, 9.17) is 35.3 Å². The highest BCUT2D eigenvalue weighted by Gasteiger charge is 2.41. The number of alkyl halides is 1. The number of aromatic nitrogens is 1. The van der Waals surface area contributed by atoms with Crippen LogP contribution in [-0.2, 0) is 36.1 Å².